The molecule has 0 bridgehead atoms. The Labute approximate surface area is 240 Å². The van der Waals surface area contributed by atoms with Crippen LogP contribution in [0.1, 0.15) is 46.2 Å². The maximum Gasteiger partial charge on any atom is 0.410 e. The van der Waals surface area contributed by atoms with E-state index in [0.717, 1.165) is 12.8 Å². The molecule has 1 aliphatic carbocycles. The third-order valence-electron chi connectivity index (χ3n) is 6.38. The Morgan fingerprint density at radius 1 is 1.10 bits per heavy atom. The minimum Gasteiger partial charge on any atom is -0.477 e. The number of likely N-dealkylation sites (tertiary alicyclic amines) is 1. The average molecular weight is 581 g/mol. The Balaban J connectivity index is 1.36. The van der Waals surface area contributed by atoms with Crippen LogP contribution < -0.4 is 14.8 Å². The first-order valence-electron chi connectivity index (χ1n) is 13.3. The summed E-state index contributed by atoms with van der Waals surface area (Å²) in [4.78, 5) is 49.6. The Morgan fingerprint density at radius 3 is 2.54 bits per heavy atom. The van der Waals surface area contributed by atoms with Crippen LogP contribution in [-0.2, 0) is 25.9 Å². The second kappa shape index (κ2) is 11.4. The highest BCUT2D eigenvalue weighted by atomic mass is 32.2. The Hall–Kier alpha value is -4.20. The lowest BCUT2D eigenvalue weighted by Crippen LogP contribution is -2.67. The zero-order valence-electron chi connectivity index (χ0n) is 23.3. The number of hydrogen-bond donors (Lipinski definition) is 2. The normalized spacial score (nSPS) is 16.7. The summed E-state index contributed by atoms with van der Waals surface area (Å²) in [7, 11) is -1.31. The van der Waals surface area contributed by atoms with E-state index in [2.05, 4.69) is 35.0 Å². The molecule has 1 saturated carbocycles. The number of anilines is 2. The highest BCUT2D eigenvalue weighted by Crippen LogP contribution is 2.36. The molecule has 1 unspecified atom stereocenters. The van der Waals surface area contributed by atoms with Crippen molar-refractivity contribution < 1.29 is 23.3 Å². The van der Waals surface area contributed by atoms with Crippen molar-refractivity contribution in [2.24, 2.45) is 0 Å². The van der Waals surface area contributed by atoms with Crippen molar-refractivity contribution in [2.75, 3.05) is 29.7 Å². The molecule has 1 saturated heterocycles. The molecule has 13 nitrogen and oxygen atoms in total. The summed E-state index contributed by atoms with van der Waals surface area (Å²) in [5.41, 5.74) is -0.222. The fourth-order valence-electron chi connectivity index (χ4n) is 4.17. The van der Waals surface area contributed by atoms with E-state index in [0.29, 0.717) is 35.3 Å². The van der Waals surface area contributed by atoms with Crippen molar-refractivity contribution in [3.8, 4) is 17.1 Å². The highest BCUT2D eigenvalue weighted by molar-refractivity contribution is 7.87. The molecule has 5 rings (SSSR count). The fourth-order valence-corrected chi connectivity index (χ4v) is 5.18. The summed E-state index contributed by atoms with van der Waals surface area (Å²) in [6.45, 7) is 7.74. The zero-order valence-corrected chi connectivity index (χ0v) is 24.1. The number of rotatable bonds is 9. The lowest BCUT2D eigenvalue weighted by atomic mass is 9.75. The van der Waals surface area contributed by atoms with Gasteiger partial charge in [-0.1, -0.05) is 0 Å². The molecule has 1 aliphatic heterocycles. The summed E-state index contributed by atoms with van der Waals surface area (Å²) in [6.07, 6.45) is 7.45. The number of carbonyl (C=O) groups excluding carboxylic acids is 2. The van der Waals surface area contributed by atoms with Crippen molar-refractivity contribution in [1.29, 1.82) is 0 Å². The number of carbonyl (C=O) groups is 2. The first-order valence-corrected chi connectivity index (χ1v) is 14.5. The minimum absolute atomic E-state index is 0.0355. The third-order valence-corrected chi connectivity index (χ3v) is 7.84. The van der Waals surface area contributed by atoms with Gasteiger partial charge in [-0.05, 0) is 58.7 Å². The van der Waals surface area contributed by atoms with Gasteiger partial charge in [-0.2, -0.15) is 0 Å². The second-order valence-electron chi connectivity index (χ2n) is 10.8. The molecule has 2 N–H and O–H groups in total. The van der Waals surface area contributed by atoms with Crippen LogP contribution in [-0.4, -0.2) is 76.6 Å². The second-order valence-corrected chi connectivity index (χ2v) is 12.3. The van der Waals surface area contributed by atoms with E-state index < -0.39 is 34.0 Å². The predicted molar refractivity (Wildman–Crippen MR) is 151 cm³/mol. The molecule has 14 heteroatoms. The highest BCUT2D eigenvalue weighted by Gasteiger charge is 2.54. The number of hydrogen-bond acceptors (Lipinski definition) is 10. The number of nitrogens with zero attached hydrogens (tertiary/aromatic N) is 6. The maximum atomic E-state index is 13.8. The van der Waals surface area contributed by atoms with Crippen LogP contribution in [0.15, 0.2) is 43.0 Å². The van der Waals surface area contributed by atoms with E-state index in [4.69, 9.17) is 9.47 Å². The number of ether oxygens (including phenoxy) is 2. The van der Waals surface area contributed by atoms with Crippen molar-refractivity contribution in [2.45, 2.75) is 56.8 Å². The minimum atomic E-state index is -1.31. The number of aromatic nitrogens is 5. The summed E-state index contributed by atoms with van der Waals surface area (Å²) < 4.78 is 26.1. The zero-order chi connectivity index (χ0) is 29.2. The van der Waals surface area contributed by atoms with Crippen molar-refractivity contribution >= 4 is 34.8 Å². The molecular formula is C27H32N8O5S. The van der Waals surface area contributed by atoms with Gasteiger partial charge in [0.05, 0.1) is 35.6 Å². The van der Waals surface area contributed by atoms with E-state index in [9.17, 15) is 13.8 Å². The van der Waals surface area contributed by atoms with Gasteiger partial charge in [0.1, 0.15) is 27.8 Å². The molecule has 2 fully saturated rings. The van der Waals surface area contributed by atoms with Gasteiger partial charge in [-0.25, -0.2) is 28.9 Å². The fraction of sp³-hybridized carbons (Fsp3) is 0.444. The molecule has 1 atom stereocenters. The molecule has 4 heterocycles. The number of amides is 2. The molecule has 216 valence electrons. The van der Waals surface area contributed by atoms with Gasteiger partial charge in [0.2, 0.25) is 17.7 Å². The van der Waals surface area contributed by atoms with Crippen LogP contribution in [0.5, 0.6) is 5.88 Å². The predicted octanol–water partition coefficient (Wildman–Crippen LogP) is 3.09. The molecule has 3 aromatic heterocycles. The van der Waals surface area contributed by atoms with Crippen LogP contribution in [0.4, 0.5) is 16.6 Å². The van der Waals surface area contributed by atoms with Crippen LogP contribution in [0.2, 0.25) is 0 Å². The van der Waals surface area contributed by atoms with Gasteiger partial charge in [0.25, 0.3) is 0 Å². The van der Waals surface area contributed by atoms with Gasteiger partial charge in [-0.15, -0.1) is 0 Å². The Kier molecular flexibility index (Phi) is 7.84. The first-order chi connectivity index (χ1) is 19.6. The lowest BCUT2D eigenvalue weighted by Gasteiger charge is -2.47. The first kappa shape index (κ1) is 28.3. The number of pyridine rings is 1. The molecular weight excluding hydrogens is 548 g/mol. The molecule has 2 amide bonds. The van der Waals surface area contributed by atoms with Crippen LogP contribution in [0.25, 0.3) is 11.3 Å². The smallest absolute Gasteiger partial charge is 0.410 e. The van der Waals surface area contributed by atoms with Gasteiger partial charge >= 0.3 is 6.09 Å². The maximum absolute atomic E-state index is 13.8. The van der Waals surface area contributed by atoms with Crippen LogP contribution in [0.3, 0.4) is 0 Å². The van der Waals surface area contributed by atoms with E-state index in [1.165, 1.54) is 17.3 Å². The van der Waals surface area contributed by atoms with Gasteiger partial charge in [0.15, 0.2) is 0 Å². The van der Waals surface area contributed by atoms with Crippen molar-refractivity contribution in [3.05, 3.63) is 48.7 Å². The molecule has 2 aliphatic rings. The standard InChI is InChI=1S/C27H32N8O5S/c1-5-39-22-14-28-13-19(31-22)17-6-9-21(30-12-17)33-23(36)27(15-35(16-27)25(37)40-26(2,3)4)20-10-11-29-24(32-20)34-41(38)18-7-8-18/h6,9-14,18H,5,7-8,15-16H2,1-4H3,(H,29,32,34)(H,30,33,36). The van der Waals surface area contributed by atoms with Gasteiger partial charge < -0.3 is 19.7 Å². The van der Waals surface area contributed by atoms with Crippen molar-refractivity contribution in [3.63, 3.8) is 0 Å². The van der Waals surface area contributed by atoms with Gasteiger partial charge in [-0.3, -0.25) is 14.5 Å². The molecule has 41 heavy (non-hydrogen) atoms. The van der Waals surface area contributed by atoms with Crippen molar-refractivity contribution in [1.82, 2.24) is 29.8 Å². The summed E-state index contributed by atoms with van der Waals surface area (Å²) in [6, 6.07) is 5.05. The van der Waals surface area contributed by atoms with E-state index in [1.807, 2.05) is 6.92 Å². The van der Waals surface area contributed by atoms with Gasteiger partial charge in [0, 0.05) is 31.0 Å². The molecule has 0 aromatic carbocycles. The molecule has 0 spiro atoms. The largest absolute Gasteiger partial charge is 0.477 e. The summed E-state index contributed by atoms with van der Waals surface area (Å²) >= 11 is 0. The van der Waals surface area contributed by atoms with Crippen LogP contribution >= 0.6 is 0 Å². The summed E-state index contributed by atoms with van der Waals surface area (Å²) in [5.74, 6) is 0.477. The monoisotopic (exact) mass is 580 g/mol. The topological polar surface area (TPSA) is 161 Å². The SMILES string of the molecule is CCOc1cncc(-c2ccc(NC(=O)C3(c4ccnc(NS(=O)C5CC5)n4)CN(C(=O)OC(C)(C)C)C3)nc2)n1. The third kappa shape index (κ3) is 6.59. The summed E-state index contributed by atoms with van der Waals surface area (Å²) in [5, 5.41) is 2.94. The Bertz CT molecular complexity index is 1450. The Morgan fingerprint density at radius 2 is 1.88 bits per heavy atom. The quantitative estimate of drug-likeness (QED) is 0.385. The van der Waals surface area contributed by atoms with E-state index in [1.54, 1.807) is 51.4 Å². The lowest BCUT2D eigenvalue weighted by molar-refractivity contribution is -0.127. The van der Waals surface area contributed by atoms with E-state index in [-0.39, 0.29) is 24.3 Å². The number of nitrogens with one attached hydrogen (secondary N) is 2. The van der Waals surface area contributed by atoms with E-state index >= 15 is 0 Å². The molecule has 3 aromatic rings. The van der Waals surface area contributed by atoms with Crippen LogP contribution in [0, 0.1) is 0 Å². The average Bonchev–Trinajstić information content (AvgIpc) is 3.74. The molecule has 0 radical (unpaired) electrons.